The van der Waals surface area contributed by atoms with Gasteiger partial charge in [0, 0.05) is 33.1 Å². The van der Waals surface area contributed by atoms with Gasteiger partial charge in [-0.05, 0) is 56.8 Å². The quantitative estimate of drug-likeness (QED) is 0.508. The molecule has 2 heterocycles. The fourth-order valence-electron chi connectivity index (χ4n) is 7.16. The lowest BCUT2D eigenvalue weighted by Gasteiger charge is -2.60. The molecule has 1 amide bonds. The second-order valence-electron chi connectivity index (χ2n) is 10.5. The van der Waals surface area contributed by atoms with Gasteiger partial charge in [-0.25, -0.2) is 9.78 Å². The summed E-state index contributed by atoms with van der Waals surface area (Å²) in [6.07, 6.45) is 7.17. The molecule has 2 unspecified atom stereocenters. The summed E-state index contributed by atoms with van der Waals surface area (Å²) in [7, 11) is 3.30. The van der Waals surface area contributed by atoms with Crippen molar-refractivity contribution in [2.24, 2.45) is 31.3 Å². The molecule has 0 spiro atoms. The van der Waals surface area contributed by atoms with E-state index in [9.17, 15) is 19.2 Å². The van der Waals surface area contributed by atoms with Crippen molar-refractivity contribution >= 4 is 23.0 Å². The number of esters is 1. The molecule has 1 N–H and O–H groups in total. The number of carbonyl (C=O) groups excluding carboxylic acids is 2. The van der Waals surface area contributed by atoms with Crippen LogP contribution in [0.1, 0.15) is 51.9 Å². The first-order chi connectivity index (χ1) is 15.6. The third-order valence-electron chi connectivity index (χ3n) is 7.90. The van der Waals surface area contributed by atoms with Gasteiger partial charge in [-0.3, -0.25) is 23.5 Å². The van der Waals surface area contributed by atoms with Crippen LogP contribution in [0.2, 0.25) is 0 Å². The lowest BCUT2D eigenvalue weighted by molar-refractivity contribution is -0.176. The van der Waals surface area contributed by atoms with Crippen molar-refractivity contribution in [2.45, 2.75) is 64.0 Å². The largest absolute Gasteiger partial charge is 0.465 e. The number of nitrogens with zero attached hydrogens (tertiary/aromatic N) is 4. The summed E-state index contributed by atoms with van der Waals surface area (Å²) in [5.74, 6) is 0.641. The minimum Gasteiger partial charge on any atom is -0.465 e. The molecule has 33 heavy (non-hydrogen) atoms. The van der Waals surface area contributed by atoms with Crippen LogP contribution in [-0.2, 0) is 35.0 Å². The van der Waals surface area contributed by atoms with Gasteiger partial charge in [-0.1, -0.05) is 0 Å². The smallest absolute Gasteiger partial charge is 0.332 e. The average molecular weight is 458 g/mol. The van der Waals surface area contributed by atoms with Gasteiger partial charge in [-0.15, -0.1) is 0 Å². The SMILES string of the molecule is CC(=O)NC12C[C@H]3C[C@@H](C1)CC(C(=O)OCCCn1c(=O)c4c(ncn4C)n(C)c1=O)(C3)C2. The van der Waals surface area contributed by atoms with Crippen molar-refractivity contribution in [3.05, 3.63) is 27.2 Å². The highest BCUT2D eigenvalue weighted by Crippen LogP contribution is 2.62. The number of rotatable bonds is 6. The van der Waals surface area contributed by atoms with E-state index in [1.165, 1.54) is 15.5 Å². The molecule has 6 rings (SSSR count). The Bertz CT molecular complexity index is 1240. The number of carbonyl (C=O) groups is 2. The summed E-state index contributed by atoms with van der Waals surface area (Å²) in [5, 5.41) is 3.16. The molecule has 178 valence electrons. The van der Waals surface area contributed by atoms with Gasteiger partial charge in [0.15, 0.2) is 11.2 Å². The van der Waals surface area contributed by atoms with Gasteiger partial charge in [0.05, 0.1) is 18.3 Å². The zero-order chi connectivity index (χ0) is 23.5. The minimum atomic E-state index is -0.535. The summed E-state index contributed by atoms with van der Waals surface area (Å²) >= 11 is 0. The highest BCUT2D eigenvalue weighted by atomic mass is 16.5. The second kappa shape index (κ2) is 7.56. The Morgan fingerprint density at radius 2 is 1.88 bits per heavy atom. The summed E-state index contributed by atoms with van der Waals surface area (Å²) in [4.78, 5) is 54.6. The number of hydrogen-bond acceptors (Lipinski definition) is 6. The Balaban J connectivity index is 1.27. The van der Waals surface area contributed by atoms with E-state index in [0.717, 1.165) is 32.1 Å². The maximum Gasteiger partial charge on any atom is 0.332 e. The van der Waals surface area contributed by atoms with Gasteiger partial charge >= 0.3 is 11.7 Å². The summed E-state index contributed by atoms with van der Waals surface area (Å²) in [6, 6.07) is 0. The predicted octanol–water partition coefficient (Wildman–Crippen LogP) is 0.842. The number of ether oxygens (including phenoxy) is 1. The lowest BCUT2D eigenvalue weighted by atomic mass is 9.47. The van der Waals surface area contributed by atoms with Crippen molar-refractivity contribution in [2.75, 3.05) is 6.61 Å². The van der Waals surface area contributed by atoms with E-state index < -0.39 is 16.7 Å². The van der Waals surface area contributed by atoms with Crippen LogP contribution in [0.3, 0.4) is 0 Å². The van der Waals surface area contributed by atoms with Crippen molar-refractivity contribution in [3.8, 4) is 0 Å². The molecule has 0 aromatic carbocycles. The van der Waals surface area contributed by atoms with Crippen molar-refractivity contribution in [3.63, 3.8) is 0 Å². The Morgan fingerprint density at radius 1 is 1.18 bits per heavy atom. The van der Waals surface area contributed by atoms with E-state index in [-0.39, 0.29) is 30.6 Å². The standard InChI is InChI=1S/C23H31N5O5/c1-14(29)25-23-10-15-7-16(11-23)9-22(8-15,12-23)20(31)33-6-4-5-28-19(30)17-18(24-13-26(17)2)27(3)21(28)32/h13,15-16H,4-12H2,1-3H3,(H,25,29)/t15-,16+,22?,23?. The van der Waals surface area contributed by atoms with Crippen LogP contribution in [0.15, 0.2) is 15.9 Å². The first-order valence-electron chi connectivity index (χ1n) is 11.7. The second-order valence-corrected chi connectivity index (χ2v) is 10.5. The highest BCUT2D eigenvalue weighted by Gasteiger charge is 2.61. The number of imidazole rings is 1. The molecule has 4 aliphatic rings. The number of aryl methyl sites for hydroxylation is 2. The van der Waals surface area contributed by atoms with E-state index in [0.29, 0.717) is 35.8 Å². The lowest BCUT2D eigenvalue weighted by Crippen LogP contribution is -2.64. The molecule has 4 bridgehead atoms. The third kappa shape index (κ3) is 3.50. The van der Waals surface area contributed by atoms with Crippen LogP contribution in [0.5, 0.6) is 0 Å². The topological polar surface area (TPSA) is 117 Å². The summed E-state index contributed by atoms with van der Waals surface area (Å²) < 4.78 is 9.85. The number of aromatic nitrogens is 4. The molecule has 4 aliphatic carbocycles. The minimum absolute atomic E-state index is 0.0436. The first kappa shape index (κ1) is 21.9. The van der Waals surface area contributed by atoms with Crippen molar-refractivity contribution < 1.29 is 14.3 Å². The van der Waals surface area contributed by atoms with Crippen LogP contribution in [0.25, 0.3) is 11.2 Å². The molecule has 0 saturated heterocycles. The summed E-state index contributed by atoms with van der Waals surface area (Å²) in [5.41, 5.74) is -0.926. The Morgan fingerprint density at radius 3 is 2.55 bits per heavy atom. The van der Waals surface area contributed by atoms with E-state index in [1.807, 2.05) is 0 Å². The Hall–Kier alpha value is -2.91. The van der Waals surface area contributed by atoms with Gasteiger partial charge in [0.2, 0.25) is 5.91 Å². The van der Waals surface area contributed by atoms with Gasteiger partial charge < -0.3 is 14.6 Å². The van der Waals surface area contributed by atoms with Crippen molar-refractivity contribution in [1.29, 1.82) is 0 Å². The van der Waals surface area contributed by atoms with Crippen LogP contribution in [-0.4, -0.2) is 42.7 Å². The van der Waals surface area contributed by atoms with Gasteiger partial charge in [-0.2, -0.15) is 0 Å². The van der Waals surface area contributed by atoms with Crippen LogP contribution in [0.4, 0.5) is 0 Å². The number of fused-ring (bicyclic) bond motifs is 1. The van der Waals surface area contributed by atoms with Crippen LogP contribution in [0, 0.1) is 17.3 Å². The fraction of sp³-hybridized carbons (Fsp3) is 0.696. The van der Waals surface area contributed by atoms with E-state index in [2.05, 4.69) is 10.3 Å². The van der Waals surface area contributed by atoms with E-state index in [4.69, 9.17) is 4.74 Å². The first-order valence-corrected chi connectivity index (χ1v) is 11.7. The van der Waals surface area contributed by atoms with Crippen LogP contribution >= 0.6 is 0 Å². The Labute approximate surface area is 190 Å². The van der Waals surface area contributed by atoms with Gasteiger partial charge in [0.25, 0.3) is 5.56 Å². The van der Waals surface area contributed by atoms with Crippen LogP contribution < -0.4 is 16.6 Å². The van der Waals surface area contributed by atoms with Crippen molar-refractivity contribution in [1.82, 2.24) is 24.0 Å². The predicted molar refractivity (Wildman–Crippen MR) is 119 cm³/mol. The third-order valence-corrected chi connectivity index (χ3v) is 7.90. The summed E-state index contributed by atoms with van der Waals surface area (Å²) in [6.45, 7) is 1.84. The molecule has 4 fully saturated rings. The fourth-order valence-corrected chi connectivity index (χ4v) is 7.16. The molecule has 2 aromatic heterocycles. The van der Waals surface area contributed by atoms with E-state index in [1.54, 1.807) is 25.6 Å². The maximum atomic E-state index is 13.2. The monoisotopic (exact) mass is 457 g/mol. The number of hydrogen-bond donors (Lipinski definition) is 1. The molecule has 2 aromatic rings. The van der Waals surface area contributed by atoms with E-state index >= 15 is 0 Å². The maximum absolute atomic E-state index is 13.2. The Kier molecular flexibility index (Phi) is 5.02. The van der Waals surface area contributed by atoms with Gasteiger partial charge in [0.1, 0.15) is 0 Å². The highest BCUT2D eigenvalue weighted by molar-refractivity contribution is 5.79. The zero-order valence-corrected chi connectivity index (χ0v) is 19.4. The molecule has 10 nitrogen and oxygen atoms in total. The molecule has 0 aliphatic heterocycles. The number of nitrogens with one attached hydrogen (secondary N) is 1. The molecular formula is C23H31N5O5. The normalized spacial score (nSPS) is 30.0. The average Bonchev–Trinajstić information content (AvgIpc) is 3.11. The molecule has 4 atom stereocenters. The zero-order valence-electron chi connectivity index (χ0n) is 19.4. The molecule has 10 heteroatoms. The molecule has 0 radical (unpaired) electrons. The number of amides is 1. The molecule has 4 saturated carbocycles. The molecular weight excluding hydrogens is 426 g/mol.